The molecule has 10 heteroatoms. The number of benzene rings is 3. The minimum Gasteiger partial charge on any atom is -0.325 e. The number of amides is 2. The van der Waals surface area contributed by atoms with Crippen LogP contribution in [0.25, 0.3) is 10.2 Å². The Hall–Kier alpha value is -3.76. The van der Waals surface area contributed by atoms with E-state index in [-0.39, 0.29) is 23.3 Å². The third kappa shape index (κ3) is 5.73. The number of nitrogens with zero attached hydrogens (tertiary/aromatic N) is 2. The fourth-order valence-corrected chi connectivity index (χ4v) is 4.94. The number of thiazole rings is 1. The topological polar surface area (TPSA) is 114 Å². The Bertz CT molecular complexity index is 1350. The van der Waals surface area contributed by atoms with Crippen molar-refractivity contribution in [3.8, 4) is 0 Å². The molecule has 4 rings (SSSR count). The Kier molecular flexibility index (Phi) is 6.66. The molecular weight excluding hydrogens is 460 g/mol. The van der Waals surface area contributed by atoms with Gasteiger partial charge in [-0.25, -0.2) is 4.98 Å². The predicted molar refractivity (Wildman–Crippen MR) is 131 cm³/mol. The van der Waals surface area contributed by atoms with Gasteiger partial charge in [0.25, 0.3) is 11.6 Å². The summed E-state index contributed by atoms with van der Waals surface area (Å²) in [6, 6.07) is 18.4. The number of nitro groups is 1. The van der Waals surface area contributed by atoms with Gasteiger partial charge in [0.1, 0.15) is 0 Å². The van der Waals surface area contributed by atoms with Crippen molar-refractivity contribution in [2.24, 2.45) is 0 Å². The van der Waals surface area contributed by atoms with Crippen LogP contribution >= 0.6 is 23.1 Å². The molecule has 166 valence electrons. The Morgan fingerprint density at radius 3 is 2.52 bits per heavy atom. The number of carbonyl (C=O) groups excluding carboxylic acids is 2. The first-order chi connectivity index (χ1) is 15.9. The summed E-state index contributed by atoms with van der Waals surface area (Å²) in [5.74, 6) is -0.241. The lowest BCUT2D eigenvalue weighted by Crippen LogP contribution is -2.13. The largest absolute Gasteiger partial charge is 0.325 e. The van der Waals surface area contributed by atoms with Crippen LogP contribution < -0.4 is 10.6 Å². The molecule has 2 N–H and O–H groups in total. The van der Waals surface area contributed by atoms with Crippen molar-refractivity contribution in [2.45, 2.75) is 11.3 Å². The van der Waals surface area contributed by atoms with Crippen LogP contribution in [-0.2, 0) is 4.79 Å². The molecular formula is C23H18N4O4S2. The Balaban J connectivity index is 1.38. The molecule has 3 aromatic carbocycles. The summed E-state index contributed by atoms with van der Waals surface area (Å²) in [5.41, 5.74) is 3.44. The first-order valence-corrected chi connectivity index (χ1v) is 11.6. The molecule has 0 aliphatic carbocycles. The summed E-state index contributed by atoms with van der Waals surface area (Å²) < 4.78 is 1.63. The number of nitrogens with one attached hydrogen (secondary N) is 2. The van der Waals surface area contributed by atoms with Gasteiger partial charge in [0.15, 0.2) is 4.34 Å². The van der Waals surface area contributed by atoms with Crippen molar-refractivity contribution in [3.63, 3.8) is 0 Å². The van der Waals surface area contributed by atoms with Gasteiger partial charge in [-0.05, 0) is 55.0 Å². The molecule has 2 amide bonds. The van der Waals surface area contributed by atoms with E-state index in [4.69, 9.17) is 0 Å². The number of aromatic nitrogens is 1. The van der Waals surface area contributed by atoms with E-state index in [0.29, 0.717) is 11.3 Å². The van der Waals surface area contributed by atoms with Crippen LogP contribution in [0.4, 0.5) is 17.1 Å². The van der Waals surface area contributed by atoms with Crippen LogP contribution in [-0.4, -0.2) is 27.5 Å². The molecule has 0 fully saturated rings. The van der Waals surface area contributed by atoms with Gasteiger partial charge in [-0.3, -0.25) is 19.7 Å². The summed E-state index contributed by atoms with van der Waals surface area (Å²) in [7, 11) is 0. The molecule has 33 heavy (non-hydrogen) atoms. The van der Waals surface area contributed by atoms with Crippen LogP contribution in [0.1, 0.15) is 15.9 Å². The molecule has 4 aromatic rings. The molecule has 0 radical (unpaired) electrons. The van der Waals surface area contributed by atoms with Crippen LogP contribution in [0.5, 0.6) is 0 Å². The van der Waals surface area contributed by atoms with Gasteiger partial charge >= 0.3 is 0 Å². The fourth-order valence-electron chi connectivity index (χ4n) is 3.03. The van der Waals surface area contributed by atoms with Gasteiger partial charge < -0.3 is 10.6 Å². The average Bonchev–Trinajstić information content (AvgIpc) is 3.20. The van der Waals surface area contributed by atoms with E-state index in [1.807, 2.05) is 37.3 Å². The minimum absolute atomic E-state index is 0.0739. The van der Waals surface area contributed by atoms with Crippen LogP contribution in [0.15, 0.2) is 71.1 Å². The molecule has 0 unspecified atom stereocenters. The zero-order valence-corrected chi connectivity index (χ0v) is 19.0. The molecule has 8 nitrogen and oxygen atoms in total. The summed E-state index contributed by atoms with van der Waals surface area (Å²) in [4.78, 5) is 39.5. The first kappa shape index (κ1) is 22.4. The van der Waals surface area contributed by atoms with Crippen molar-refractivity contribution < 1.29 is 14.5 Å². The molecule has 1 heterocycles. The lowest BCUT2D eigenvalue weighted by atomic mass is 10.2. The predicted octanol–water partition coefficient (Wildman–Crippen LogP) is 5.50. The maximum Gasteiger partial charge on any atom is 0.269 e. The number of anilines is 2. The van der Waals surface area contributed by atoms with Gasteiger partial charge in [0.2, 0.25) is 5.91 Å². The summed E-state index contributed by atoms with van der Waals surface area (Å²) in [6.45, 7) is 1.97. The second-order valence-corrected chi connectivity index (χ2v) is 9.38. The molecule has 0 aliphatic heterocycles. The van der Waals surface area contributed by atoms with Gasteiger partial charge in [-0.1, -0.05) is 23.9 Å². The minimum atomic E-state index is -0.513. The SMILES string of the molecule is Cc1cccc(NC(=O)CSc2nc3ccc(NC(=O)c4ccc([N+](=O)[O-])cc4)cc3s2)c1. The number of rotatable bonds is 7. The maximum absolute atomic E-state index is 12.4. The smallest absolute Gasteiger partial charge is 0.269 e. The van der Waals surface area contributed by atoms with Crippen molar-refractivity contribution >= 4 is 62.2 Å². The van der Waals surface area contributed by atoms with E-state index < -0.39 is 4.92 Å². The van der Waals surface area contributed by atoms with Crippen LogP contribution in [0.3, 0.4) is 0 Å². The average molecular weight is 479 g/mol. The van der Waals surface area contributed by atoms with E-state index in [0.717, 1.165) is 25.8 Å². The third-order valence-corrected chi connectivity index (χ3v) is 6.76. The van der Waals surface area contributed by atoms with Crippen molar-refractivity contribution in [1.82, 2.24) is 4.98 Å². The van der Waals surface area contributed by atoms with E-state index in [1.165, 1.54) is 47.4 Å². The number of aryl methyl sites for hydroxylation is 1. The van der Waals surface area contributed by atoms with Crippen molar-refractivity contribution in [1.29, 1.82) is 0 Å². The molecule has 0 aliphatic rings. The monoisotopic (exact) mass is 478 g/mol. The lowest BCUT2D eigenvalue weighted by Gasteiger charge is -2.05. The highest BCUT2D eigenvalue weighted by atomic mass is 32.2. The normalized spacial score (nSPS) is 10.7. The zero-order valence-electron chi connectivity index (χ0n) is 17.4. The van der Waals surface area contributed by atoms with E-state index in [2.05, 4.69) is 15.6 Å². The van der Waals surface area contributed by atoms with Crippen molar-refractivity contribution in [2.75, 3.05) is 16.4 Å². The number of hydrogen-bond acceptors (Lipinski definition) is 7. The number of non-ortho nitro benzene ring substituents is 1. The Morgan fingerprint density at radius 1 is 1.03 bits per heavy atom. The number of carbonyl (C=O) groups is 2. The number of nitro benzene ring substituents is 1. The lowest BCUT2D eigenvalue weighted by molar-refractivity contribution is -0.384. The molecule has 0 saturated heterocycles. The highest BCUT2D eigenvalue weighted by molar-refractivity contribution is 8.01. The first-order valence-electron chi connectivity index (χ1n) is 9.83. The van der Waals surface area contributed by atoms with E-state index >= 15 is 0 Å². The number of hydrogen-bond donors (Lipinski definition) is 2. The molecule has 0 atom stereocenters. The standard InChI is InChI=1S/C23H18N4O4S2/c1-14-3-2-4-16(11-14)24-21(28)13-32-23-26-19-10-7-17(12-20(19)33-23)25-22(29)15-5-8-18(9-6-15)27(30)31/h2-12H,13H2,1H3,(H,24,28)(H,25,29). The van der Waals surface area contributed by atoms with Crippen LogP contribution in [0.2, 0.25) is 0 Å². The maximum atomic E-state index is 12.4. The highest BCUT2D eigenvalue weighted by Gasteiger charge is 2.12. The van der Waals surface area contributed by atoms with Gasteiger partial charge in [0, 0.05) is 29.1 Å². The fraction of sp³-hybridized carbons (Fsp3) is 0.0870. The summed E-state index contributed by atoms with van der Waals surface area (Å²) in [6.07, 6.45) is 0. The zero-order chi connectivity index (χ0) is 23.4. The second-order valence-electron chi connectivity index (χ2n) is 7.13. The molecule has 1 aromatic heterocycles. The second kappa shape index (κ2) is 9.80. The molecule has 0 saturated carbocycles. The van der Waals surface area contributed by atoms with Crippen LogP contribution in [0, 0.1) is 17.0 Å². The summed E-state index contributed by atoms with van der Waals surface area (Å²) >= 11 is 2.79. The van der Waals surface area contributed by atoms with Gasteiger partial charge in [0.05, 0.1) is 20.9 Å². The Morgan fingerprint density at radius 2 is 1.79 bits per heavy atom. The Labute approximate surface area is 197 Å². The van der Waals surface area contributed by atoms with Gasteiger partial charge in [-0.15, -0.1) is 11.3 Å². The van der Waals surface area contributed by atoms with E-state index in [1.54, 1.807) is 12.1 Å². The van der Waals surface area contributed by atoms with Gasteiger partial charge in [-0.2, -0.15) is 0 Å². The van der Waals surface area contributed by atoms with E-state index in [9.17, 15) is 19.7 Å². The third-order valence-electron chi connectivity index (χ3n) is 4.60. The highest BCUT2D eigenvalue weighted by Crippen LogP contribution is 2.31. The molecule has 0 spiro atoms. The quantitative estimate of drug-likeness (QED) is 0.206. The summed E-state index contributed by atoms with van der Waals surface area (Å²) in [5, 5.41) is 16.4. The number of fused-ring (bicyclic) bond motifs is 1. The number of thioether (sulfide) groups is 1. The van der Waals surface area contributed by atoms with Crippen molar-refractivity contribution in [3.05, 3.63) is 88.0 Å². The molecule has 0 bridgehead atoms.